The quantitative estimate of drug-likeness (QED) is 0.834. The molecule has 0 aliphatic heterocycles. The second-order valence-electron chi connectivity index (χ2n) is 5.49. The monoisotopic (exact) mass is 304 g/mol. The molecule has 0 saturated carbocycles. The molecule has 0 atom stereocenters. The Labute approximate surface area is 131 Å². The fourth-order valence-electron chi connectivity index (χ4n) is 2.00. The van der Waals surface area contributed by atoms with Gasteiger partial charge in [0.05, 0.1) is 6.54 Å². The van der Waals surface area contributed by atoms with Gasteiger partial charge in [-0.05, 0) is 32.4 Å². The van der Waals surface area contributed by atoms with E-state index in [9.17, 15) is 0 Å². The highest BCUT2D eigenvalue weighted by atomic mass is 32.1. The molecule has 0 fully saturated rings. The first-order chi connectivity index (χ1) is 9.99. The van der Waals surface area contributed by atoms with E-state index < -0.39 is 0 Å². The summed E-state index contributed by atoms with van der Waals surface area (Å²) in [7, 11) is 0. The average molecular weight is 304 g/mol. The molecule has 0 amide bonds. The maximum absolute atomic E-state index is 4.60. The minimum atomic E-state index is 0.315. The highest BCUT2D eigenvalue weighted by molar-refractivity contribution is 7.12. The van der Waals surface area contributed by atoms with E-state index in [-0.39, 0.29) is 0 Å². The maximum Gasteiger partial charge on any atom is 0.135 e. The van der Waals surface area contributed by atoms with Gasteiger partial charge in [0.1, 0.15) is 17.5 Å². The molecule has 0 aliphatic carbocycles. The van der Waals surface area contributed by atoms with Crippen LogP contribution in [0, 0.1) is 13.8 Å². The molecule has 2 heterocycles. The van der Waals surface area contributed by atoms with Crippen LogP contribution in [0.15, 0.2) is 12.1 Å². The lowest BCUT2D eigenvalue weighted by Gasteiger charge is -2.11. The third-order valence-corrected chi connectivity index (χ3v) is 4.43. The first kappa shape index (κ1) is 15.8. The van der Waals surface area contributed by atoms with E-state index in [2.05, 4.69) is 61.3 Å². The maximum atomic E-state index is 4.60. The lowest BCUT2D eigenvalue weighted by Crippen LogP contribution is -2.08. The smallest absolute Gasteiger partial charge is 0.135 e. The zero-order chi connectivity index (χ0) is 15.4. The van der Waals surface area contributed by atoms with E-state index in [4.69, 9.17) is 0 Å². The predicted octanol–water partition coefficient (Wildman–Crippen LogP) is 4.32. The van der Waals surface area contributed by atoms with Gasteiger partial charge in [-0.3, -0.25) is 0 Å². The number of nitrogens with zero attached hydrogens (tertiary/aromatic N) is 2. The van der Waals surface area contributed by atoms with Gasteiger partial charge in [0.25, 0.3) is 0 Å². The van der Waals surface area contributed by atoms with Crippen molar-refractivity contribution in [1.82, 2.24) is 9.97 Å². The zero-order valence-electron chi connectivity index (χ0n) is 13.4. The fourth-order valence-corrected chi connectivity index (χ4v) is 2.99. The number of nitrogens with one attached hydrogen (secondary N) is 2. The summed E-state index contributed by atoms with van der Waals surface area (Å²) < 4.78 is 0. The highest BCUT2D eigenvalue weighted by Crippen LogP contribution is 2.22. The Hall–Kier alpha value is -1.62. The van der Waals surface area contributed by atoms with Crippen molar-refractivity contribution in [1.29, 1.82) is 0 Å². The van der Waals surface area contributed by atoms with Crippen LogP contribution in [0.1, 0.15) is 47.8 Å². The molecule has 0 saturated heterocycles. The first-order valence-corrected chi connectivity index (χ1v) is 8.24. The number of hydrogen-bond acceptors (Lipinski definition) is 5. The van der Waals surface area contributed by atoms with E-state index in [1.807, 2.05) is 17.4 Å². The molecule has 2 rings (SSSR count). The number of anilines is 2. The van der Waals surface area contributed by atoms with Crippen LogP contribution in [0.4, 0.5) is 11.6 Å². The first-order valence-electron chi connectivity index (χ1n) is 7.42. The van der Waals surface area contributed by atoms with Crippen LogP contribution in [-0.4, -0.2) is 16.5 Å². The van der Waals surface area contributed by atoms with Crippen LogP contribution < -0.4 is 10.6 Å². The van der Waals surface area contributed by atoms with Crippen LogP contribution in [0.2, 0.25) is 0 Å². The van der Waals surface area contributed by atoms with Crippen molar-refractivity contribution in [3.8, 4) is 0 Å². The van der Waals surface area contributed by atoms with Crippen molar-refractivity contribution in [3.05, 3.63) is 33.3 Å². The summed E-state index contributed by atoms with van der Waals surface area (Å²) in [5, 5.41) is 6.68. The summed E-state index contributed by atoms with van der Waals surface area (Å²) in [6, 6.07) is 4.21. The molecule has 0 spiro atoms. The summed E-state index contributed by atoms with van der Waals surface area (Å²) in [5.74, 6) is 2.95. The van der Waals surface area contributed by atoms with E-state index in [0.29, 0.717) is 5.92 Å². The van der Waals surface area contributed by atoms with Crippen molar-refractivity contribution >= 4 is 23.0 Å². The summed E-state index contributed by atoms with van der Waals surface area (Å²) >= 11 is 1.84. The topological polar surface area (TPSA) is 49.8 Å². The molecule has 2 aromatic rings. The minimum Gasteiger partial charge on any atom is -0.370 e. The van der Waals surface area contributed by atoms with Crippen molar-refractivity contribution < 1.29 is 0 Å². The van der Waals surface area contributed by atoms with Gasteiger partial charge in [-0.2, -0.15) is 0 Å². The van der Waals surface area contributed by atoms with Crippen molar-refractivity contribution in [2.45, 2.75) is 47.1 Å². The molecule has 114 valence electrons. The van der Waals surface area contributed by atoms with Gasteiger partial charge in [-0.1, -0.05) is 13.8 Å². The van der Waals surface area contributed by atoms with E-state index in [0.717, 1.165) is 30.5 Å². The van der Waals surface area contributed by atoms with Gasteiger partial charge in [-0.15, -0.1) is 11.3 Å². The second kappa shape index (κ2) is 6.89. The molecule has 0 radical (unpaired) electrons. The predicted molar refractivity (Wildman–Crippen MR) is 91.4 cm³/mol. The Balaban J connectivity index is 2.14. The molecule has 0 bridgehead atoms. The molecule has 0 aromatic carbocycles. The number of rotatable bonds is 6. The fraction of sp³-hybridized carbons (Fsp3) is 0.500. The SMILES string of the molecule is CCNc1cc(NCc2cc(C)c(C)s2)nc(C(C)C)n1. The summed E-state index contributed by atoms with van der Waals surface area (Å²) in [4.78, 5) is 11.9. The number of hydrogen-bond donors (Lipinski definition) is 2. The Morgan fingerprint density at radius 3 is 2.29 bits per heavy atom. The zero-order valence-corrected chi connectivity index (χ0v) is 14.3. The molecule has 4 nitrogen and oxygen atoms in total. The molecule has 5 heteroatoms. The minimum absolute atomic E-state index is 0.315. The van der Waals surface area contributed by atoms with Gasteiger partial charge < -0.3 is 10.6 Å². The van der Waals surface area contributed by atoms with Gasteiger partial charge in [0.15, 0.2) is 0 Å². The standard InChI is InChI=1S/C16H24N4S/c1-6-17-14-8-15(20-16(19-14)10(2)3)18-9-13-7-11(4)12(5)21-13/h7-8,10H,6,9H2,1-5H3,(H2,17,18,19,20). The number of aromatic nitrogens is 2. The molecule has 0 aliphatic rings. The number of aryl methyl sites for hydroxylation is 2. The van der Waals surface area contributed by atoms with Crippen molar-refractivity contribution in [3.63, 3.8) is 0 Å². The number of thiophene rings is 1. The largest absolute Gasteiger partial charge is 0.370 e. The molecule has 21 heavy (non-hydrogen) atoms. The Morgan fingerprint density at radius 1 is 1.10 bits per heavy atom. The van der Waals surface area contributed by atoms with E-state index in [1.165, 1.54) is 15.3 Å². The third-order valence-electron chi connectivity index (χ3n) is 3.28. The lowest BCUT2D eigenvalue weighted by atomic mass is 10.2. The van der Waals surface area contributed by atoms with Crippen LogP contribution >= 0.6 is 11.3 Å². The Bertz CT molecular complexity index is 585. The molecule has 2 aromatic heterocycles. The van der Waals surface area contributed by atoms with Crippen molar-refractivity contribution in [2.24, 2.45) is 0 Å². The van der Waals surface area contributed by atoms with E-state index >= 15 is 0 Å². The third kappa shape index (κ3) is 4.17. The van der Waals surface area contributed by atoms with Crippen LogP contribution in [0.3, 0.4) is 0 Å². The Kier molecular flexibility index (Phi) is 5.17. The molecule has 0 unspecified atom stereocenters. The summed E-state index contributed by atoms with van der Waals surface area (Å²) in [5.41, 5.74) is 1.36. The average Bonchev–Trinajstić information content (AvgIpc) is 2.76. The van der Waals surface area contributed by atoms with Gasteiger partial charge in [0, 0.05) is 28.3 Å². The van der Waals surface area contributed by atoms with Gasteiger partial charge in [-0.25, -0.2) is 9.97 Å². The van der Waals surface area contributed by atoms with E-state index in [1.54, 1.807) is 0 Å². The molecule has 2 N–H and O–H groups in total. The molecular formula is C16H24N4S. The lowest BCUT2D eigenvalue weighted by molar-refractivity contribution is 0.775. The molecular weight excluding hydrogens is 280 g/mol. The van der Waals surface area contributed by atoms with Gasteiger partial charge >= 0.3 is 0 Å². The summed E-state index contributed by atoms with van der Waals surface area (Å²) in [6.07, 6.45) is 0. The van der Waals surface area contributed by atoms with Crippen molar-refractivity contribution in [2.75, 3.05) is 17.2 Å². The van der Waals surface area contributed by atoms with Crippen LogP contribution in [0.25, 0.3) is 0 Å². The van der Waals surface area contributed by atoms with Crippen LogP contribution in [0.5, 0.6) is 0 Å². The van der Waals surface area contributed by atoms with Crippen LogP contribution in [-0.2, 0) is 6.54 Å². The summed E-state index contributed by atoms with van der Waals surface area (Å²) in [6.45, 7) is 12.3. The second-order valence-corrected chi connectivity index (χ2v) is 6.83. The highest BCUT2D eigenvalue weighted by Gasteiger charge is 2.08. The Morgan fingerprint density at radius 2 is 1.76 bits per heavy atom. The van der Waals surface area contributed by atoms with Gasteiger partial charge in [0.2, 0.25) is 0 Å². The normalized spacial score (nSPS) is 11.0.